The van der Waals surface area contributed by atoms with E-state index in [1.165, 1.54) is 111 Å². The van der Waals surface area contributed by atoms with Crippen molar-refractivity contribution in [2.45, 2.75) is 178 Å². The Kier molecular flexibility index (Phi) is 34.4. The summed E-state index contributed by atoms with van der Waals surface area (Å²) in [6, 6.07) is 0. The summed E-state index contributed by atoms with van der Waals surface area (Å²) in [5.41, 5.74) is 15.7. The molecule has 11 heteroatoms. The lowest BCUT2D eigenvalue weighted by molar-refractivity contribution is -0.689. The Morgan fingerprint density at radius 2 is 1.51 bits per heavy atom. The van der Waals surface area contributed by atoms with E-state index in [4.69, 9.17) is 21.1 Å². The number of hydrogen-bond acceptors (Lipinski definition) is 7. The van der Waals surface area contributed by atoms with E-state index in [-0.39, 0.29) is 38.0 Å². The lowest BCUT2D eigenvalue weighted by atomic mass is 9.72. The molecule has 3 rings (SSSR count). The second kappa shape index (κ2) is 34.8. The van der Waals surface area contributed by atoms with Gasteiger partial charge in [0.2, 0.25) is 5.51 Å². The minimum absolute atomic E-state index is 0. The highest BCUT2D eigenvalue weighted by molar-refractivity contribution is 7.09. The number of aryl methyl sites for hydroxylation is 1. The van der Waals surface area contributed by atoms with Crippen LogP contribution in [-0.4, -0.2) is 44.5 Å². The fourth-order valence-electron chi connectivity index (χ4n) is 6.91. The van der Waals surface area contributed by atoms with Crippen molar-refractivity contribution < 1.29 is 24.7 Å². The fraction of sp³-hybridized carbons (Fsp3) is 0.625. The van der Waals surface area contributed by atoms with Gasteiger partial charge in [-0.15, -0.1) is 24.8 Å². The topological polar surface area (TPSA) is 133 Å². The molecule has 0 fully saturated rings. The van der Waals surface area contributed by atoms with E-state index < -0.39 is 5.97 Å². The SMILES string of the molecule is CC1=C(/C=C/C(C)=C/C=C/C(C)=C/CO)C(C)(C)CCC1.CCCCCCCCCCCCCCCC(=O)O.Cc1ncc(C[n+]2csc(CCO)c2C)c(N)n1.Cl.Cl. The van der Waals surface area contributed by atoms with Crippen LogP contribution in [0.2, 0.25) is 0 Å². The van der Waals surface area contributed by atoms with Crippen LogP contribution >= 0.6 is 36.2 Å². The highest BCUT2D eigenvalue weighted by Gasteiger charge is 2.26. The van der Waals surface area contributed by atoms with Crippen LogP contribution in [0.1, 0.15) is 173 Å². The predicted octanol–water partition coefficient (Wildman–Crippen LogP) is 12.5. The van der Waals surface area contributed by atoms with Crippen LogP contribution < -0.4 is 10.3 Å². The highest BCUT2D eigenvalue weighted by Crippen LogP contribution is 2.40. The number of thiazole rings is 1. The molecule has 1 aliphatic carbocycles. The number of aliphatic hydroxyl groups excluding tert-OH is 2. The van der Waals surface area contributed by atoms with Crippen molar-refractivity contribution in [2.75, 3.05) is 18.9 Å². The van der Waals surface area contributed by atoms with Crippen LogP contribution in [0.3, 0.4) is 0 Å². The Morgan fingerprint density at radius 1 is 0.915 bits per heavy atom. The maximum atomic E-state index is 10.3. The number of allylic oxidation sites excluding steroid dienone is 9. The first-order chi connectivity index (χ1) is 27.2. The molecule has 59 heavy (non-hydrogen) atoms. The van der Waals surface area contributed by atoms with Crippen molar-refractivity contribution >= 4 is 47.9 Å². The van der Waals surface area contributed by atoms with Crippen molar-refractivity contribution in [3.05, 3.63) is 92.4 Å². The minimum Gasteiger partial charge on any atom is -0.481 e. The second-order valence-electron chi connectivity index (χ2n) is 16.2. The first kappa shape index (κ1) is 58.3. The molecule has 0 saturated carbocycles. The third kappa shape index (κ3) is 26.9. The molecule has 2 aromatic rings. The van der Waals surface area contributed by atoms with Gasteiger partial charge in [-0.05, 0) is 64.4 Å². The Hall–Kier alpha value is -2.82. The van der Waals surface area contributed by atoms with Crippen molar-refractivity contribution in [3.63, 3.8) is 0 Å². The zero-order chi connectivity index (χ0) is 42.5. The van der Waals surface area contributed by atoms with E-state index in [1.807, 2.05) is 38.4 Å². The third-order valence-electron chi connectivity index (χ3n) is 10.5. The molecule has 2 aromatic heterocycles. The smallest absolute Gasteiger partial charge is 0.303 e. The van der Waals surface area contributed by atoms with Crippen molar-refractivity contribution in [1.29, 1.82) is 0 Å². The zero-order valence-electron chi connectivity index (χ0n) is 37.9. The van der Waals surface area contributed by atoms with E-state index in [9.17, 15) is 4.79 Å². The summed E-state index contributed by atoms with van der Waals surface area (Å²) in [6.45, 7) is 18.1. The lowest BCUT2D eigenvalue weighted by Crippen LogP contribution is -2.35. The molecule has 0 aromatic carbocycles. The minimum atomic E-state index is -0.655. The fourth-order valence-corrected chi connectivity index (χ4v) is 7.89. The van der Waals surface area contributed by atoms with Crippen molar-refractivity contribution in [2.24, 2.45) is 5.41 Å². The maximum absolute atomic E-state index is 10.3. The first-order valence-electron chi connectivity index (χ1n) is 21.6. The number of carboxylic acids is 1. The molecule has 1 aliphatic rings. The number of rotatable bonds is 23. The van der Waals surface area contributed by atoms with Gasteiger partial charge < -0.3 is 21.1 Å². The normalized spacial score (nSPS) is 14.0. The Bertz CT molecular complexity index is 1600. The predicted molar refractivity (Wildman–Crippen MR) is 256 cm³/mol. The highest BCUT2D eigenvalue weighted by atomic mass is 35.5. The summed E-state index contributed by atoms with van der Waals surface area (Å²) in [5.74, 6) is 0.562. The Morgan fingerprint density at radius 3 is 2.03 bits per heavy atom. The van der Waals surface area contributed by atoms with Crippen molar-refractivity contribution in [1.82, 2.24) is 9.97 Å². The number of aliphatic hydroxyl groups is 2. The molecule has 0 radical (unpaired) electrons. The molecular weight excluding hydrogens is 800 g/mol. The number of carboxylic acid groups (broad SMARTS) is 1. The second-order valence-corrected chi connectivity index (χ2v) is 17.2. The van der Waals surface area contributed by atoms with Gasteiger partial charge in [-0.25, -0.2) is 9.97 Å². The summed E-state index contributed by atoms with van der Waals surface area (Å²) in [7, 11) is 0. The molecule has 0 aliphatic heterocycles. The maximum Gasteiger partial charge on any atom is 0.303 e. The van der Waals surface area contributed by atoms with Crippen LogP contribution in [-0.2, 0) is 17.8 Å². The number of aromatic nitrogens is 3. The first-order valence-corrected chi connectivity index (χ1v) is 22.5. The summed E-state index contributed by atoms with van der Waals surface area (Å²) in [5, 5.41) is 26.3. The number of anilines is 1. The van der Waals surface area contributed by atoms with E-state index >= 15 is 0 Å². The molecule has 0 bridgehead atoms. The molecule has 0 unspecified atom stereocenters. The van der Waals surface area contributed by atoms with Crippen LogP contribution in [0.15, 0.2) is 70.5 Å². The number of nitrogens with zero attached hydrogens (tertiary/aromatic N) is 3. The van der Waals surface area contributed by atoms with Gasteiger partial charge >= 0.3 is 5.97 Å². The number of halogens is 2. The molecule has 5 N–H and O–H groups in total. The quantitative estimate of drug-likeness (QED) is 0.0496. The van der Waals surface area contributed by atoms with Crippen LogP contribution in [0.5, 0.6) is 0 Å². The van der Waals surface area contributed by atoms with Gasteiger partial charge in [-0.2, -0.15) is 4.57 Å². The van der Waals surface area contributed by atoms with Crippen LogP contribution in [0.4, 0.5) is 5.82 Å². The number of carbonyl (C=O) groups is 1. The number of hydrogen-bond donors (Lipinski definition) is 4. The van der Waals surface area contributed by atoms with Gasteiger partial charge in [0.15, 0.2) is 12.2 Å². The molecule has 0 spiro atoms. The van der Waals surface area contributed by atoms with Gasteiger partial charge in [0.1, 0.15) is 11.6 Å². The van der Waals surface area contributed by atoms with Gasteiger partial charge in [0.05, 0.1) is 17.0 Å². The van der Waals surface area contributed by atoms with Gasteiger partial charge in [-0.3, -0.25) is 4.79 Å². The monoisotopic (exact) mass is 880 g/mol. The van der Waals surface area contributed by atoms with Crippen molar-refractivity contribution in [3.8, 4) is 0 Å². The van der Waals surface area contributed by atoms with Gasteiger partial charge in [0.25, 0.3) is 0 Å². The van der Waals surface area contributed by atoms with Crippen LogP contribution in [0.25, 0.3) is 0 Å². The number of nitrogen functional groups attached to an aromatic ring is 1. The van der Waals surface area contributed by atoms with Gasteiger partial charge in [0, 0.05) is 32.6 Å². The summed E-state index contributed by atoms with van der Waals surface area (Å²) < 4.78 is 2.11. The third-order valence-corrected chi connectivity index (χ3v) is 11.7. The summed E-state index contributed by atoms with van der Waals surface area (Å²) >= 11 is 1.65. The number of aliphatic carboxylic acids is 1. The number of unbranched alkanes of at least 4 members (excludes halogenated alkanes) is 12. The molecule has 0 saturated heterocycles. The van der Waals surface area contributed by atoms with E-state index in [0.717, 1.165) is 29.7 Å². The average molecular weight is 881 g/mol. The van der Waals surface area contributed by atoms with E-state index in [0.29, 0.717) is 36.4 Å². The molecule has 336 valence electrons. The largest absolute Gasteiger partial charge is 0.481 e. The molecule has 2 heterocycles. The Balaban J connectivity index is 0. The lowest BCUT2D eigenvalue weighted by Gasteiger charge is -2.32. The standard InChI is InChI=1S/C20H30O.C16H32O2.C12H17N4OS.2ClH/c1-16(8-6-9-17(2)13-15-21)11-12-19-18(3)10-7-14-20(19,4)5;1-2-3-4-5-6-7-8-9-10-11-12-13-14-15-16(17)18;1-8-11(3-4-17)18-7-16(8)6-10-5-14-9(2)15-12(10)13;;/h6,8-9,11-13,21H,7,10,14-15H2,1-5H3;2-15H2,1H3,(H,17,18);5,7,17H,3-4,6H2,1-2H3,(H2,13,14,15);2*1H/q;;+1;;/b9-6+,12-11+,16-8+,17-13+;;;;. The number of nitrogens with two attached hydrogens (primary N) is 1. The average Bonchev–Trinajstić information content (AvgIpc) is 3.49. The zero-order valence-corrected chi connectivity index (χ0v) is 40.3. The molecule has 8 nitrogen and oxygen atoms in total. The van der Waals surface area contributed by atoms with E-state index in [2.05, 4.69) is 67.4 Å². The van der Waals surface area contributed by atoms with Crippen LogP contribution in [0, 0.1) is 19.3 Å². The van der Waals surface area contributed by atoms with Gasteiger partial charge in [-0.1, -0.05) is 162 Å². The molecular formula is C48H81Cl2N4O4S+. The summed E-state index contributed by atoms with van der Waals surface area (Å²) in [6.07, 6.45) is 36.0. The summed E-state index contributed by atoms with van der Waals surface area (Å²) in [4.78, 5) is 19.8. The van der Waals surface area contributed by atoms with E-state index in [1.54, 1.807) is 23.6 Å². The molecule has 0 atom stereocenters. The molecule has 0 amide bonds. The Labute approximate surface area is 375 Å².